The fourth-order valence-corrected chi connectivity index (χ4v) is 4.11. The highest BCUT2D eigenvalue weighted by Gasteiger charge is 2.31. The summed E-state index contributed by atoms with van der Waals surface area (Å²) in [6, 6.07) is 1.44. The monoisotopic (exact) mass is 458 g/mol. The molecule has 0 atom stereocenters. The number of thiocarbonyl (C=S) groups is 1. The van der Waals surface area contributed by atoms with E-state index in [2.05, 4.69) is 25.1 Å². The summed E-state index contributed by atoms with van der Waals surface area (Å²) < 4.78 is 44.2. The van der Waals surface area contributed by atoms with Gasteiger partial charge in [0.25, 0.3) is 10.0 Å². The molecule has 0 bridgehead atoms. The van der Waals surface area contributed by atoms with Gasteiger partial charge in [0, 0.05) is 7.05 Å². The first-order valence-corrected chi connectivity index (χ1v) is 10.5. The lowest BCUT2D eigenvalue weighted by Crippen LogP contribution is -2.36. The molecule has 0 amide bonds. The van der Waals surface area contributed by atoms with Crippen LogP contribution in [0.4, 0.5) is 5.95 Å². The largest absolute Gasteiger partial charge is 0.481 e. The number of aromatic nitrogens is 4. The summed E-state index contributed by atoms with van der Waals surface area (Å²) in [6.45, 7) is 3.48. The number of ether oxygens (including phenoxy) is 3. The molecule has 0 saturated heterocycles. The number of carbonyl (C=O) groups excluding carboxylic acids is 1. The van der Waals surface area contributed by atoms with E-state index in [1.165, 1.54) is 34.3 Å². The van der Waals surface area contributed by atoms with Crippen LogP contribution >= 0.6 is 12.2 Å². The Hall–Kier alpha value is -3.00. The molecule has 12 nitrogen and oxygen atoms in total. The molecule has 0 aliphatic heterocycles. The number of nitrogens with zero attached hydrogens (tertiary/aromatic N) is 4. The zero-order valence-electron chi connectivity index (χ0n) is 17.0. The van der Waals surface area contributed by atoms with Crippen LogP contribution in [0.25, 0.3) is 0 Å². The van der Waals surface area contributed by atoms with E-state index in [1.54, 1.807) is 0 Å². The third-order valence-corrected chi connectivity index (χ3v) is 5.40. The van der Waals surface area contributed by atoms with Gasteiger partial charge < -0.3 is 19.5 Å². The van der Waals surface area contributed by atoms with E-state index in [0.29, 0.717) is 6.42 Å². The summed E-state index contributed by atoms with van der Waals surface area (Å²) in [6.07, 6.45) is 0.587. The molecule has 164 valence electrons. The molecule has 0 aliphatic carbocycles. The molecule has 30 heavy (non-hydrogen) atoms. The quantitative estimate of drug-likeness (QED) is 0.427. The highest BCUT2D eigenvalue weighted by molar-refractivity contribution is 7.92. The molecule has 14 heteroatoms. The Labute approximate surface area is 179 Å². The lowest BCUT2D eigenvalue weighted by Gasteiger charge is -2.12. The number of aryl methyl sites for hydroxylation is 2. The van der Waals surface area contributed by atoms with E-state index in [-0.39, 0.29) is 45.7 Å². The first-order chi connectivity index (χ1) is 14.1. The highest BCUT2D eigenvalue weighted by atomic mass is 32.2. The Morgan fingerprint density at radius 2 is 1.83 bits per heavy atom. The Kier molecular flexibility index (Phi) is 7.50. The second-order valence-electron chi connectivity index (χ2n) is 5.86. The molecular formula is C16H22N6O6S2. The van der Waals surface area contributed by atoms with Crippen LogP contribution < -0.4 is 19.5 Å². The van der Waals surface area contributed by atoms with E-state index < -0.39 is 16.0 Å². The minimum absolute atomic E-state index is 0.0531. The predicted molar refractivity (Wildman–Crippen MR) is 110 cm³/mol. The van der Waals surface area contributed by atoms with E-state index >= 15 is 0 Å². The summed E-state index contributed by atoms with van der Waals surface area (Å²) in [5, 5.41) is 5.84. The van der Waals surface area contributed by atoms with Gasteiger partial charge in [-0.05, 0) is 25.6 Å². The number of rotatable bonds is 8. The summed E-state index contributed by atoms with van der Waals surface area (Å²) in [5.41, 5.74) is 0.0410. The van der Waals surface area contributed by atoms with Crippen molar-refractivity contribution in [3.63, 3.8) is 0 Å². The average molecular weight is 459 g/mol. The summed E-state index contributed by atoms with van der Waals surface area (Å²) in [4.78, 5) is 20.4. The van der Waals surface area contributed by atoms with Crippen LogP contribution in [0.1, 0.15) is 29.4 Å². The maximum atomic E-state index is 12.9. The minimum Gasteiger partial charge on any atom is -0.481 e. The molecular weight excluding hydrogens is 436 g/mol. The number of methoxy groups -OCH3 is 2. The van der Waals surface area contributed by atoms with E-state index in [4.69, 9.17) is 26.4 Å². The fraction of sp³-hybridized carbons (Fsp3) is 0.438. The van der Waals surface area contributed by atoms with E-state index in [0.717, 1.165) is 4.68 Å². The first kappa shape index (κ1) is 23.3. The lowest BCUT2D eigenvalue weighted by molar-refractivity contribution is 0.0499. The number of hydrogen-bond acceptors (Lipinski definition) is 10. The van der Waals surface area contributed by atoms with Gasteiger partial charge in [0.2, 0.25) is 17.7 Å². The van der Waals surface area contributed by atoms with Crippen molar-refractivity contribution in [2.45, 2.75) is 25.3 Å². The Morgan fingerprint density at radius 3 is 2.37 bits per heavy atom. The topological polar surface area (TPSA) is 147 Å². The van der Waals surface area contributed by atoms with Crippen LogP contribution in [-0.2, 0) is 21.8 Å². The minimum atomic E-state index is -4.29. The molecule has 0 aromatic carbocycles. The van der Waals surface area contributed by atoms with Gasteiger partial charge in [0.1, 0.15) is 5.56 Å². The zero-order valence-corrected chi connectivity index (χ0v) is 18.7. The molecule has 0 radical (unpaired) electrons. The number of carbonyl (C=O) groups is 1. The molecule has 0 fully saturated rings. The maximum absolute atomic E-state index is 12.9. The summed E-state index contributed by atoms with van der Waals surface area (Å²) in [5.74, 6) is -0.485. The first-order valence-electron chi connectivity index (χ1n) is 8.64. The van der Waals surface area contributed by atoms with Gasteiger partial charge in [-0.3, -0.25) is 9.40 Å². The average Bonchev–Trinajstić information content (AvgIpc) is 2.99. The predicted octanol–water partition coefficient (Wildman–Crippen LogP) is 0.778. The number of anilines is 1. The van der Waals surface area contributed by atoms with Gasteiger partial charge in [0.15, 0.2) is 10.1 Å². The SMILES string of the molecule is CCCOC(=O)c1c(C)nn(C)c1S(=O)(=O)NC(=S)Nc1nc(OC)cc(OC)n1. The van der Waals surface area contributed by atoms with Crippen LogP contribution in [0.15, 0.2) is 11.1 Å². The van der Waals surface area contributed by atoms with Crippen molar-refractivity contribution < 1.29 is 27.4 Å². The van der Waals surface area contributed by atoms with Crippen molar-refractivity contribution in [3.05, 3.63) is 17.3 Å². The molecule has 0 unspecified atom stereocenters. The number of esters is 1. The van der Waals surface area contributed by atoms with Gasteiger partial charge in [0.05, 0.1) is 32.6 Å². The highest BCUT2D eigenvalue weighted by Crippen LogP contribution is 2.21. The lowest BCUT2D eigenvalue weighted by atomic mass is 10.3. The molecule has 0 aliphatic rings. The molecule has 2 heterocycles. The van der Waals surface area contributed by atoms with Crippen molar-refractivity contribution in [2.75, 3.05) is 26.1 Å². The van der Waals surface area contributed by atoms with Gasteiger partial charge in [-0.25, -0.2) is 4.79 Å². The molecule has 0 spiro atoms. The zero-order chi connectivity index (χ0) is 22.5. The molecule has 2 N–H and O–H groups in total. The van der Waals surface area contributed by atoms with Crippen LogP contribution in [0, 0.1) is 6.92 Å². The number of sulfonamides is 1. The maximum Gasteiger partial charge on any atom is 0.343 e. The second-order valence-corrected chi connectivity index (χ2v) is 7.87. The van der Waals surface area contributed by atoms with Crippen LogP contribution in [-0.4, -0.2) is 60.1 Å². The van der Waals surface area contributed by atoms with Gasteiger partial charge in [-0.15, -0.1) is 0 Å². The molecule has 0 saturated carbocycles. The molecule has 2 rings (SSSR count). The third kappa shape index (κ3) is 5.33. The Morgan fingerprint density at radius 1 is 1.23 bits per heavy atom. The van der Waals surface area contributed by atoms with Crippen molar-refractivity contribution >= 4 is 39.3 Å². The van der Waals surface area contributed by atoms with Crippen LogP contribution in [0.2, 0.25) is 0 Å². The van der Waals surface area contributed by atoms with E-state index in [1.807, 2.05) is 6.92 Å². The third-order valence-electron chi connectivity index (χ3n) is 3.62. The normalized spacial score (nSPS) is 11.0. The van der Waals surface area contributed by atoms with Crippen molar-refractivity contribution in [1.82, 2.24) is 24.5 Å². The smallest absolute Gasteiger partial charge is 0.343 e. The van der Waals surface area contributed by atoms with Crippen molar-refractivity contribution in [2.24, 2.45) is 7.05 Å². The Bertz CT molecular complexity index is 1030. The molecule has 2 aromatic rings. The van der Waals surface area contributed by atoms with Crippen molar-refractivity contribution in [1.29, 1.82) is 0 Å². The summed E-state index contributed by atoms with van der Waals surface area (Å²) >= 11 is 5.06. The number of hydrogen-bond donors (Lipinski definition) is 2. The molecule has 2 aromatic heterocycles. The van der Waals surface area contributed by atoms with Crippen LogP contribution in [0.5, 0.6) is 11.8 Å². The van der Waals surface area contributed by atoms with Gasteiger partial charge in [-0.1, -0.05) is 6.92 Å². The van der Waals surface area contributed by atoms with Crippen molar-refractivity contribution in [3.8, 4) is 11.8 Å². The standard InChI is InChI=1S/C16H22N6O6S2/c1-6-7-28-14(23)12-9(2)20-22(3)13(12)30(24,25)21-16(29)19-15-17-10(26-4)8-11(18-15)27-5/h8H,6-7H2,1-5H3,(H2,17,18,19,21,29). The Balaban J connectivity index is 2.29. The van der Waals surface area contributed by atoms with Gasteiger partial charge >= 0.3 is 5.97 Å². The summed E-state index contributed by atoms with van der Waals surface area (Å²) in [7, 11) is -0.102. The van der Waals surface area contributed by atoms with E-state index in [9.17, 15) is 13.2 Å². The van der Waals surface area contributed by atoms with Gasteiger partial charge in [-0.2, -0.15) is 23.5 Å². The number of nitrogens with one attached hydrogen (secondary N) is 2. The second kappa shape index (κ2) is 9.67. The fourth-order valence-electron chi connectivity index (χ4n) is 2.41. The van der Waals surface area contributed by atoms with Crippen LogP contribution in [0.3, 0.4) is 0 Å².